The van der Waals surface area contributed by atoms with Gasteiger partial charge in [0.25, 0.3) is 11.5 Å². The van der Waals surface area contributed by atoms with Crippen molar-refractivity contribution >= 4 is 18.3 Å². The third-order valence-electron chi connectivity index (χ3n) is 5.63. The zero-order valence-corrected chi connectivity index (χ0v) is 16.8. The van der Waals surface area contributed by atoms with E-state index >= 15 is 0 Å². The lowest BCUT2D eigenvalue weighted by molar-refractivity contribution is 0.0951. The zero-order valence-electron chi connectivity index (χ0n) is 15.9. The van der Waals surface area contributed by atoms with Crippen LogP contribution in [0.4, 0.5) is 0 Å². The van der Waals surface area contributed by atoms with E-state index in [0.29, 0.717) is 31.3 Å². The topological polar surface area (TPSA) is 72.4 Å². The molecular formula is C21H26ClN3O3. The smallest absolute Gasteiger partial charge is 0.263 e. The molecule has 2 N–H and O–H groups in total. The van der Waals surface area contributed by atoms with Gasteiger partial charge in [0.1, 0.15) is 11.3 Å². The van der Waals surface area contributed by atoms with Crippen LogP contribution in [0.2, 0.25) is 0 Å². The molecule has 0 radical (unpaired) electrons. The molecule has 4 rings (SSSR count). The first kappa shape index (κ1) is 20.4. The molecule has 2 aromatic rings. The summed E-state index contributed by atoms with van der Waals surface area (Å²) in [5, 5.41) is 6.31. The number of carbonyl (C=O) groups is 1. The van der Waals surface area contributed by atoms with E-state index in [1.54, 1.807) is 13.2 Å². The molecule has 0 spiro atoms. The maximum absolute atomic E-state index is 12.9. The number of carbonyl (C=O) groups excluding carboxylic acids is 1. The highest BCUT2D eigenvalue weighted by Crippen LogP contribution is 2.31. The van der Waals surface area contributed by atoms with Crippen LogP contribution < -0.4 is 20.9 Å². The van der Waals surface area contributed by atoms with Gasteiger partial charge in [0, 0.05) is 31.2 Å². The second kappa shape index (κ2) is 8.80. The number of nitrogens with zero attached hydrogens (tertiary/aromatic N) is 1. The number of pyridine rings is 1. The number of benzene rings is 1. The number of para-hydroxylation sites is 1. The first-order chi connectivity index (χ1) is 13.2. The van der Waals surface area contributed by atoms with E-state index in [1.165, 1.54) is 0 Å². The minimum Gasteiger partial charge on any atom is -0.496 e. The van der Waals surface area contributed by atoms with Gasteiger partial charge in [-0.3, -0.25) is 9.59 Å². The van der Waals surface area contributed by atoms with Gasteiger partial charge in [-0.1, -0.05) is 18.2 Å². The molecule has 6 nitrogen and oxygen atoms in total. The fourth-order valence-corrected chi connectivity index (χ4v) is 4.28. The molecule has 150 valence electrons. The molecular weight excluding hydrogens is 378 g/mol. The number of rotatable bonds is 5. The summed E-state index contributed by atoms with van der Waals surface area (Å²) in [6.07, 6.45) is 1.77. The normalized spacial score (nSPS) is 19.9. The van der Waals surface area contributed by atoms with E-state index in [2.05, 4.69) is 10.6 Å². The summed E-state index contributed by atoms with van der Waals surface area (Å²) in [6, 6.07) is 11.4. The van der Waals surface area contributed by atoms with Crippen molar-refractivity contribution in [3.05, 3.63) is 63.6 Å². The van der Waals surface area contributed by atoms with Gasteiger partial charge >= 0.3 is 0 Å². The van der Waals surface area contributed by atoms with Crippen LogP contribution in [0.1, 0.15) is 34.0 Å². The summed E-state index contributed by atoms with van der Waals surface area (Å²) in [7, 11) is 1.64. The number of ether oxygens (including phenoxy) is 1. The van der Waals surface area contributed by atoms with E-state index in [9.17, 15) is 9.59 Å². The zero-order chi connectivity index (χ0) is 18.8. The lowest BCUT2D eigenvalue weighted by Crippen LogP contribution is -2.46. The van der Waals surface area contributed by atoms with Gasteiger partial charge in [-0.2, -0.15) is 0 Å². The summed E-state index contributed by atoms with van der Waals surface area (Å²) >= 11 is 0. The van der Waals surface area contributed by atoms with Gasteiger partial charge in [-0.15, -0.1) is 12.4 Å². The number of methoxy groups -OCH3 is 1. The Kier molecular flexibility index (Phi) is 6.42. The minimum atomic E-state index is -0.306. The summed E-state index contributed by atoms with van der Waals surface area (Å²) in [4.78, 5) is 25.5. The quantitative estimate of drug-likeness (QED) is 0.800. The van der Waals surface area contributed by atoms with Gasteiger partial charge in [-0.25, -0.2) is 0 Å². The molecule has 1 aromatic carbocycles. The second-order valence-electron chi connectivity index (χ2n) is 7.36. The Balaban J connectivity index is 0.00000225. The lowest BCUT2D eigenvalue weighted by atomic mass is 9.84. The summed E-state index contributed by atoms with van der Waals surface area (Å²) in [5.41, 5.74) is 2.14. The number of fused-ring (bicyclic) bond motifs is 4. The molecule has 3 heterocycles. The molecule has 28 heavy (non-hydrogen) atoms. The number of hydrogen-bond acceptors (Lipinski definition) is 4. The van der Waals surface area contributed by atoms with Crippen molar-refractivity contribution in [2.24, 2.45) is 5.92 Å². The van der Waals surface area contributed by atoms with E-state index < -0.39 is 0 Å². The molecule has 0 unspecified atom stereocenters. The van der Waals surface area contributed by atoms with E-state index in [1.807, 2.05) is 34.9 Å². The number of nitrogens with one attached hydrogen (secondary N) is 2. The van der Waals surface area contributed by atoms with Crippen LogP contribution in [-0.2, 0) is 13.0 Å². The van der Waals surface area contributed by atoms with Crippen molar-refractivity contribution in [1.82, 2.24) is 15.2 Å². The van der Waals surface area contributed by atoms with Crippen LogP contribution in [0.25, 0.3) is 0 Å². The molecule has 1 aromatic heterocycles. The molecule has 2 aliphatic heterocycles. The van der Waals surface area contributed by atoms with Crippen molar-refractivity contribution in [2.75, 3.05) is 26.7 Å². The third kappa shape index (κ3) is 3.93. The highest BCUT2D eigenvalue weighted by Gasteiger charge is 2.31. The first-order valence-corrected chi connectivity index (χ1v) is 9.52. The molecule has 7 heteroatoms. The average molecular weight is 404 g/mol. The van der Waals surface area contributed by atoms with Gasteiger partial charge < -0.3 is 19.9 Å². The van der Waals surface area contributed by atoms with Crippen molar-refractivity contribution in [2.45, 2.75) is 25.3 Å². The maximum atomic E-state index is 12.9. The fourth-order valence-electron chi connectivity index (χ4n) is 4.28. The number of piperidine rings is 1. The SMILES string of the molecule is COc1ccccc1CCNC(=O)c1ccc2n(c1=O)C[C@@H]1CNC[C@H]2C1.Cl. The van der Waals surface area contributed by atoms with Gasteiger partial charge in [0.2, 0.25) is 0 Å². The predicted octanol–water partition coefficient (Wildman–Crippen LogP) is 1.96. The standard InChI is InChI=1S/C21H25N3O3.ClH/c1-27-19-5-3-2-4-15(19)8-9-23-20(25)17-6-7-18-16-10-14(11-22-12-16)13-24(18)21(17)26;/h2-7,14,16,22H,8-13H2,1H3,(H,23,25);1H/t14-,16+;/m0./s1. The number of hydrogen-bond donors (Lipinski definition) is 2. The van der Waals surface area contributed by atoms with Crippen molar-refractivity contribution < 1.29 is 9.53 Å². The summed E-state index contributed by atoms with van der Waals surface area (Å²) < 4.78 is 7.15. The van der Waals surface area contributed by atoms with Crippen molar-refractivity contribution in [3.63, 3.8) is 0 Å². The molecule has 2 bridgehead atoms. The van der Waals surface area contributed by atoms with E-state index in [4.69, 9.17) is 4.74 Å². The number of aromatic nitrogens is 1. The van der Waals surface area contributed by atoms with Gasteiger partial charge in [0.15, 0.2) is 0 Å². The molecule has 1 fully saturated rings. The van der Waals surface area contributed by atoms with Crippen LogP contribution in [0, 0.1) is 5.92 Å². The second-order valence-corrected chi connectivity index (χ2v) is 7.36. The monoisotopic (exact) mass is 403 g/mol. The Morgan fingerprint density at radius 3 is 2.89 bits per heavy atom. The number of amides is 1. The van der Waals surface area contributed by atoms with Crippen molar-refractivity contribution in [3.8, 4) is 5.75 Å². The molecule has 1 amide bonds. The largest absolute Gasteiger partial charge is 0.496 e. The number of halogens is 1. The maximum Gasteiger partial charge on any atom is 0.263 e. The Morgan fingerprint density at radius 2 is 2.07 bits per heavy atom. The Bertz CT molecular complexity index is 912. The molecule has 0 saturated carbocycles. The summed E-state index contributed by atoms with van der Waals surface area (Å²) in [5.74, 6) is 1.34. The average Bonchev–Trinajstić information content (AvgIpc) is 2.69. The highest BCUT2D eigenvalue weighted by atomic mass is 35.5. The van der Waals surface area contributed by atoms with Crippen LogP contribution in [0.3, 0.4) is 0 Å². The Morgan fingerprint density at radius 1 is 1.25 bits per heavy atom. The van der Waals surface area contributed by atoms with E-state index in [-0.39, 0.29) is 29.4 Å². The van der Waals surface area contributed by atoms with Crippen LogP contribution in [0.5, 0.6) is 5.75 Å². The first-order valence-electron chi connectivity index (χ1n) is 9.52. The minimum absolute atomic E-state index is 0. The van der Waals surface area contributed by atoms with E-state index in [0.717, 1.165) is 36.5 Å². The third-order valence-corrected chi connectivity index (χ3v) is 5.63. The summed E-state index contributed by atoms with van der Waals surface area (Å²) in [6.45, 7) is 2.99. The molecule has 2 aliphatic rings. The lowest BCUT2D eigenvalue weighted by Gasteiger charge is -2.37. The fraction of sp³-hybridized carbons (Fsp3) is 0.429. The van der Waals surface area contributed by atoms with Crippen LogP contribution >= 0.6 is 12.4 Å². The van der Waals surface area contributed by atoms with Crippen LogP contribution in [-0.4, -0.2) is 37.2 Å². The predicted molar refractivity (Wildman–Crippen MR) is 111 cm³/mol. The van der Waals surface area contributed by atoms with Crippen LogP contribution in [0.15, 0.2) is 41.2 Å². The van der Waals surface area contributed by atoms with Gasteiger partial charge in [0.05, 0.1) is 7.11 Å². The molecule has 1 saturated heterocycles. The Hall–Kier alpha value is -2.31. The molecule has 2 atom stereocenters. The molecule has 0 aliphatic carbocycles. The van der Waals surface area contributed by atoms with Crippen molar-refractivity contribution in [1.29, 1.82) is 0 Å². The Labute approximate surface area is 170 Å². The highest BCUT2D eigenvalue weighted by molar-refractivity contribution is 5.93. The van der Waals surface area contributed by atoms with Gasteiger partial charge in [-0.05, 0) is 49.1 Å².